The number of aromatic nitrogens is 2. The summed E-state index contributed by atoms with van der Waals surface area (Å²) in [5.74, 6) is 0.896. The van der Waals surface area contributed by atoms with Crippen LogP contribution in [0.15, 0.2) is 39.1 Å². The van der Waals surface area contributed by atoms with Crippen LogP contribution in [0.5, 0.6) is 0 Å². The van der Waals surface area contributed by atoms with Gasteiger partial charge in [-0.25, -0.2) is 9.97 Å². The Morgan fingerprint density at radius 3 is 3.00 bits per heavy atom. The highest BCUT2D eigenvalue weighted by atomic mass is 32.2. The average molecular weight is 223 g/mol. The lowest BCUT2D eigenvalue weighted by Gasteiger charge is -2.04. The highest BCUT2D eigenvalue weighted by Gasteiger charge is 2.04. The molecule has 72 valence electrons. The van der Waals surface area contributed by atoms with Crippen LogP contribution >= 0.6 is 23.1 Å². The fraction of sp³-hybridized carbons (Fsp3) is 0.111. The summed E-state index contributed by atoms with van der Waals surface area (Å²) < 4.78 is 1.04. The third-order valence-electron chi connectivity index (χ3n) is 1.61. The molecule has 2 rings (SSSR count). The summed E-state index contributed by atoms with van der Waals surface area (Å²) in [5.41, 5.74) is 0. The molecular formula is C9H9N3S2. The Morgan fingerprint density at radius 1 is 1.36 bits per heavy atom. The lowest BCUT2D eigenvalue weighted by molar-refractivity contribution is 1.19. The molecule has 14 heavy (non-hydrogen) atoms. The van der Waals surface area contributed by atoms with E-state index in [-0.39, 0.29) is 0 Å². The van der Waals surface area contributed by atoms with Gasteiger partial charge in [-0.3, -0.25) is 0 Å². The van der Waals surface area contributed by atoms with E-state index in [4.69, 9.17) is 0 Å². The first-order chi connectivity index (χ1) is 6.90. The number of nitrogens with zero attached hydrogens (tertiary/aromatic N) is 2. The third kappa shape index (κ3) is 2.05. The van der Waals surface area contributed by atoms with E-state index in [0.29, 0.717) is 0 Å². The second-order valence-corrected chi connectivity index (χ2v) is 4.68. The van der Waals surface area contributed by atoms with Crippen molar-refractivity contribution in [2.24, 2.45) is 0 Å². The predicted octanol–water partition coefficient (Wildman–Crippen LogP) is 2.73. The number of hydrogen-bond donors (Lipinski definition) is 1. The fourth-order valence-electron chi connectivity index (χ4n) is 1.02. The number of pyridine rings is 1. The molecular weight excluding hydrogens is 214 g/mol. The van der Waals surface area contributed by atoms with Gasteiger partial charge >= 0.3 is 0 Å². The molecule has 0 aliphatic heterocycles. The van der Waals surface area contributed by atoms with Crippen LogP contribution in [0.4, 0.5) is 5.82 Å². The van der Waals surface area contributed by atoms with Crippen molar-refractivity contribution in [3.05, 3.63) is 29.9 Å². The van der Waals surface area contributed by atoms with E-state index in [0.717, 1.165) is 15.1 Å². The van der Waals surface area contributed by atoms with E-state index in [1.54, 1.807) is 29.3 Å². The first-order valence-electron chi connectivity index (χ1n) is 4.10. The van der Waals surface area contributed by atoms with Crippen molar-refractivity contribution in [3.63, 3.8) is 0 Å². The van der Waals surface area contributed by atoms with Gasteiger partial charge in [0.15, 0.2) is 4.34 Å². The van der Waals surface area contributed by atoms with Crippen molar-refractivity contribution in [2.45, 2.75) is 9.24 Å². The van der Waals surface area contributed by atoms with Crippen molar-refractivity contribution < 1.29 is 0 Å². The van der Waals surface area contributed by atoms with Gasteiger partial charge in [-0.05, 0) is 12.1 Å². The zero-order valence-electron chi connectivity index (χ0n) is 7.60. The normalized spacial score (nSPS) is 10.1. The Balaban J connectivity index is 2.24. The smallest absolute Gasteiger partial charge is 0.154 e. The number of thiazole rings is 1. The molecule has 2 aromatic rings. The molecule has 2 heterocycles. The Labute approximate surface area is 90.6 Å². The lowest BCUT2D eigenvalue weighted by atomic mass is 10.5. The van der Waals surface area contributed by atoms with Crippen molar-refractivity contribution in [2.75, 3.05) is 12.4 Å². The summed E-state index contributed by atoms with van der Waals surface area (Å²) in [6.45, 7) is 0. The molecule has 0 atom stereocenters. The summed E-state index contributed by atoms with van der Waals surface area (Å²) in [6, 6.07) is 3.96. The van der Waals surface area contributed by atoms with E-state index in [1.165, 1.54) is 0 Å². The first-order valence-corrected chi connectivity index (χ1v) is 5.80. The second kappa shape index (κ2) is 4.43. The minimum absolute atomic E-state index is 0.896. The fourth-order valence-corrected chi connectivity index (χ4v) is 2.70. The first kappa shape index (κ1) is 9.48. The van der Waals surface area contributed by atoms with Crippen molar-refractivity contribution in [1.82, 2.24) is 9.97 Å². The molecule has 0 saturated heterocycles. The molecule has 1 N–H and O–H groups in total. The van der Waals surface area contributed by atoms with Gasteiger partial charge in [-0.2, -0.15) is 0 Å². The molecule has 2 aromatic heterocycles. The molecule has 0 aromatic carbocycles. The summed E-state index contributed by atoms with van der Waals surface area (Å²) >= 11 is 3.26. The van der Waals surface area contributed by atoms with E-state index in [1.807, 2.05) is 30.8 Å². The van der Waals surface area contributed by atoms with Gasteiger partial charge in [0.2, 0.25) is 0 Å². The van der Waals surface area contributed by atoms with Crippen LogP contribution in [0, 0.1) is 0 Å². The number of nitrogens with one attached hydrogen (secondary N) is 1. The summed E-state index contributed by atoms with van der Waals surface area (Å²) in [4.78, 5) is 9.54. The van der Waals surface area contributed by atoms with Crippen LogP contribution in [0.2, 0.25) is 0 Å². The Bertz CT molecular complexity index is 400. The largest absolute Gasteiger partial charge is 0.372 e. The quantitative estimate of drug-likeness (QED) is 0.868. The molecule has 5 heteroatoms. The zero-order valence-corrected chi connectivity index (χ0v) is 9.23. The number of hydrogen-bond acceptors (Lipinski definition) is 5. The highest BCUT2D eigenvalue weighted by Crippen LogP contribution is 2.32. The van der Waals surface area contributed by atoms with Crippen LogP contribution in [0.3, 0.4) is 0 Å². The van der Waals surface area contributed by atoms with Gasteiger partial charge in [-0.15, -0.1) is 11.3 Å². The highest BCUT2D eigenvalue weighted by molar-refractivity contribution is 8.01. The minimum atomic E-state index is 0.896. The van der Waals surface area contributed by atoms with Gasteiger partial charge in [0.25, 0.3) is 0 Å². The zero-order chi connectivity index (χ0) is 9.80. The molecule has 0 spiro atoms. The van der Waals surface area contributed by atoms with E-state index in [9.17, 15) is 0 Å². The molecule has 0 amide bonds. The standard InChI is InChI=1S/C9H9N3S2/c1-10-8-7(3-2-4-11-8)14-9-12-5-6-13-9/h2-6H,1H3,(H,10,11). The Kier molecular flexibility index (Phi) is 3.00. The topological polar surface area (TPSA) is 37.8 Å². The molecule has 0 aliphatic rings. The van der Waals surface area contributed by atoms with Crippen molar-refractivity contribution >= 4 is 28.9 Å². The maximum Gasteiger partial charge on any atom is 0.154 e. The molecule has 0 aliphatic carbocycles. The van der Waals surface area contributed by atoms with Gasteiger partial charge < -0.3 is 5.32 Å². The molecule has 0 unspecified atom stereocenters. The van der Waals surface area contributed by atoms with Gasteiger partial charge in [0.1, 0.15) is 5.82 Å². The molecule has 3 nitrogen and oxygen atoms in total. The number of rotatable bonds is 3. The Hall–Kier alpha value is -1.07. The molecule has 0 radical (unpaired) electrons. The van der Waals surface area contributed by atoms with Gasteiger partial charge in [-0.1, -0.05) is 11.8 Å². The van der Waals surface area contributed by atoms with E-state index >= 15 is 0 Å². The third-order valence-corrected chi connectivity index (χ3v) is 3.55. The van der Waals surface area contributed by atoms with Crippen LogP contribution < -0.4 is 5.32 Å². The van der Waals surface area contributed by atoms with Crippen LogP contribution in [-0.4, -0.2) is 17.0 Å². The van der Waals surface area contributed by atoms with Gasteiger partial charge in [0, 0.05) is 24.8 Å². The van der Waals surface area contributed by atoms with Crippen LogP contribution in [-0.2, 0) is 0 Å². The maximum atomic E-state index is 4.22. The number of anilines is 1. The average Bonchev–Trinajstić information content (AvgIpc) is 2.71. The van der Waals surface area contributed by atoms with Crippen molar-refractivity contribution in [3.8, 4) is 0 Å². The summed E-state index contributed by atoms with van der Waals surface area (Å²) in [6.07, 6.45) is 3.58. The van der Waals surface area contributed by atoms with E-state index < -0.39 is 0 Å². The SMILES string of the molecule is CNc1ncccc1Sc1nccs1. The lowest BCUT2D eigenvalue weighted by Crippen LogP contribution is -1.93. The second-order valence-electron chi connectivity index (χ2n) is 2.50. The molecule has 0 bridgehead atoms. The summed E-state index contributed by atoms with van der Waals surface area (Å²) in [5, 5.41) is 5.02. The van der Waals surface area contributed by atoms with Crippen LogP contribution in [0.25, 0.3) is 0 Å². The minimum Gasteiger partial charge on any atom is -0.372 e. The van der Waals surface area contributed by atoms with E-state index in [2.05, 4.69) is 15.3 Å². The van der Waals surface area contributed by atoms with Crippen LogP contribution in [0.1, 0.15) is 0 Å². The maximum absolute atomic E-state index is 4.22. The monoisotopic (exact) mass is 223 g/mol. The van der Waals surface area contributed by atoms with Crippen molar-refractivity contribution in [1.29, 1.82) is 0 Å². The molecule has 0 saturated carbocycles. The predicted molar refractivity (Wildman–Crippen MR) is 60.0 cm³/mol. The van der Waals surface area contributed by atoms with Gasteiger partial charge in [0.05, 0.1) is 4.90 Å². The molecule has 0 fully saturated rings. The summed E-state index contributed by atoms with van der Waals surface area (Å²) in [7, 11) is 1.87. The Morgan fingerprint density at radius 2 is 2.29 bits per heavy atom.